The maximum Gasteiger partial charge on any atom is 0.413 e. The van der Waals surface area contributed by atoms with Gasteiger partial charge in [-0.1, -0.05) is 27.2 Å². The van der Waals surface area contributed by atoms with Gasteiger partial charge >= 0.3 is 18.0 Å². The molecule has 1 saturated heterocycles. The minimum absolute atomic E-state index is 0.0958. The average Bonchev–Trinajstić information content (AvgIpc) is 2.93. The third kappa shape index (κ3) is 14.2. The Morgan fingerprint density at radius 1 is 0.902 bits per heavy atom. The van der Waals surface area contributed by atoms with Gasteiger partial charge in [0.15, 0.2) is 6.73 Å². The third-order valence-corrected chi connectivity index (χ3v) is 7.61. The van der Waals surface area contributed by atoms with Crippen molar-refractivity contribution in [3.05, 3.63) is 0 Å². The molecule has 41 heavy (non-hydrogen) atoms. The van der Waals surface area contributed by atoms with Gasteiger partial charge in [0, 0.05) is 26.6 Å². The van der Waals surface area contributed by atoms with E-state index in [4.69, 9.17) is 33.2 Å². The Kier molecular flexibility index (Phi) is 17.2. The van der Waals surface area contributed by atoms with Crippen LogP contribution < -0.4 is 0 Å². The Hall–Kier alpha value is -1.99. The van der Waals surface area contributed by atoms with E-state index in [1.165, 1.54) is 18.9 Å². The number of carbonyl (C=O) groups excluding carboxylic acids is 3. The van der Waals surface area contributed by atoms with E-state index >= 15 is 0 Å². The monoisotopic (exact) mass is 588 g/mol. The molecule has 2 unspecified atom stereocenters. The Labute approximate surface area is 245 Å². The van der Waals surface area contributed by atoms with Crippen LogP contribution in [0.15, 0.2) is 0 Å². The van der Waals surface area contributed by atoms with Gasteiger partial charge in [0.05, 0.1) is 72.4 Å². The van der Waals surface area contributed by atoms with Gasteiger partial charge in [0.2, 0.25) is 0 Å². The van der Waals surface area contributed by atoms with Crippen molar-refractivity contribution in [3.63, 3.8) is 0 Å². The lowest BCUT2D eigenvalue weighted by atomic mass is 9.75. The minimum atomic E-state index is -0.679. The van der Waals surface area contributed by atoms with Crippen LogP contribution >= 0.6 is 0 Å². The number of nitrogens with zero attached hydrogens (tertiary/aromatic N) is 2. The van der Waals surface area contributed by atoms with Crippen molar-refractivity contribution in [3.8, 4) is 0 Å². The van der Waals surface area contributed by atoms with Crippen LogP contribution in [0.4, 0.5) is 4.79 Å². The Morgan fingerprint density at radius 2 is 1.46 bits per heavy atom. The van der Waals surface area contributed by atoms with Gasteiger partial charge in [-0.3, -0.25) is 19.4 Å². The predicted octanol–water partition coefficient (Wildman–Crippen LogP) is 2.72. The molecular weight excluding hydrogens is 536 g/mol. The highest BCUT2D eigenvalue weighted by Crippen LogP contribution is 2.35. The molecule has 0 bridgehead atoms. The summed E-state index contributed by atoms with van der Waals surface area (Å²) in [4.78, 5) is 41.4. The summed E-state index contributed by atoms with van der Waals surface area (Å²) in [6.07, 6.45) is 1.89. The quantitative estimate of drug-likeness (QED) is 0.224. The smallest absolute Gasteiger partial charge is 0.413 e. The molecule has 0 aromatic rings. The highest BCUT2D eigenvalue weighted by atomic mass is 16.6. The maximum absolute atomic E-state index is 13.7. The van der Waals surface area contributed by atoms with Crippen molar-refractivity contribution in [1.29, 1.82) is 0 Å². The summed E-state index contributed by atoms with van der Waals surface area (Å²) >= 11 is 0. The van der Waals surface area contributed by atoms with E-state index in [1.54, 1.807) is 0 Å². The van der Waals surface area contributed by atoms with E-state index in [-0.39, 0.29) is 25.2 Å². The summed E-state index contributed by atoms with van der Waals surface area (Å²) < 4.78 is 38.8. The first-order chi connectivity index (χ1) is 19.7. The molecule has 1 aliphatic carbocycles. The standard InChI is InChI=1S/C29H52N2O10/c1-22(2)26-7-6-23(3)18-27(26)41-29(34)31(21-40-24(4)32)25(19-28(33)35-5)20-30-8-10-36-12-14-38-16-17-39-15-13-37-11-9-30/h22-23,25-27H,6-21H2,1-5H3/t23-,25+,26?,27?/m1/s1. The fraction of sp³-hybridized carbons (Fsp3) is 0.897. The number of amides is 1. The van der Waals surface area contributed by atoms with Gasteiger partial charge < -0.3 is 33.2 Å². The summed E-state index contributed by atoms with van der Waals surface area (Å²) in [5, 5.41) is 0. The van der Waals surface area contributed by atoms with Crippen LogP contribution in [0.3, 0.4) is 0 Å². The summed E-state index contributed by atoms with van der Waals surface area (Å²) in [7, 11) is 1.31. The first-order valence-corrected chi connectivity index (χ1v) is 14.9. The van der Waals surface area contributed by atoms with E-state index in [2.05, 4.69) is 25.7 Å². The normalized spacial score (nSPS) is 24.9. The Bertz CT molecular complexity index is 752. The first-order valence-electron chi connectivity index (χ1n) is 14.9. The minimum Gasteiger partial charge on any atom is -0.469 e. The third-order valence-electron chi connectivity index (χ3n) is 7.61. The highest BCUT2D eigenvalue weighted by Gasteiger charge is 2.37. The molecule has 0 N–H and O–H groups in total. The molecule has 0 aromatic heterocycles. The number of carbonyl (C=O) groups is 3. The van der Waals surface area contributed by atoms with Crippen LogP contribution in [-0.2, 0) is 42.7 Å². The van der Waals surface area contributed by atoms with Crippen LogP contribution in [0.25, 0.3) is 0 Å². The van der Waals surface area contributed by atoms with Crippen LogP contribution in [0, 0.1) is 17.8 Å². The van der Waals surface area contributed by atoms with Crippen molar-refractivity contribution >= 4 is 18.0 Å². The average molecular weight is 589 g/mol. The van der Waals surface area contributed by atoms with Crippen LogP contribution in [0.2, 0.25) is 0 Å². The Morgan fingerprint density at radius 3 is 1.98 bits per heavy atom. The maximum atomic E-state index is 13.7. The largest absolute Gasteiger partial charge is 0.469 e. The lowest BCUT2D eigenvalue weighted by Gasteiger charge is -2.39. The summed E-state index contributed by atoms with van der Waals surface area (Å²) in [6.45, 7) is 12.4. The SMILES string of the molecule is COC(=O)C[C@@H](CN1CCOCCOCCOCCOCC1)N(COC(C)=O)C(=O)OC1C[C@H](C)CCC1C(C)C. The molecule has 1 heterocycles. The number of ether oxygens (including phenoxy) is 7. The highest BCUT2D eigenvalue weighted by molar-refractivity contribution is 5.73. The second kappa shape index (κ2) is 20.0. The fourth-order valence-corrected chi connectivity index (χ4v) is 5.21. The van der Waals surface area contributed by atoms with Gasteiger partial charge in [-0.2, -0.15) is 0 Å². The van der Waals surface area contributed by atoms with Crippen molar-refractivity contribution in [2.45, 2.75) is 65.5 Å². The second-order valence-corrected chi connectivity index (χ2v) is 11.2. The molecular formula is C29H52N2O10. The zero-order valence-corrected chi connectivity index (χ0v) is 25.7. The van der Waals surface area contributed by atoms with E-state index < -0.39 is 24.1 Å². The number of hydrogen-bond donors (Lipinski definition) is 0. The molecule has 1 amide bonds. The summed E-state index contributed by atoms with van der Waals surface area (Å²) in [5.41, 5.74) is 0. The van der Waals surface area contributed by atoms with Gasteiger partial charge in [-0.15, -0.1) is 0 Å². The molecule has 0 radical (unpaired) electrons. The molecule has 1 aliphatic heterocycles. The fourth-order valence-electron chi connectivity index (χ4n) is 5.21. The zero-order valence-electron chi connectivity index (χ0n) is 25.7. The lowest BCUT2D eigenvalue weighted by molar-refractivity contribution is -0.148. The van der Waals surface area contributed by atoms with Gasteiger partial charge in [-0.05, 0) is 30.6 Å². The van der Waals surface area contributed by atoms with E-state index in [1.807, 2.05) is 0 Å². The molecule has 12 nitrogen and oxygen atoms in total. The number of esters is 2. The molecule has 2 fully saturated rings. The molecule has 1 saturated carbocycles. The molecule has 12 heteroatoms. The van der Waals surface area contributed by atoms with Crippen LogP contribution in [0.1, 0.15) is 53.4 Å². The molecule has 238 valence electrons. The van der Waals surface area contributed by atoms with Crippen molar-refractivity contribution in [2.75, 3.05) is 86.3 Å². The molecule has 2 aliphatic rings. The first kappa shape index (κ1) is 35.2. The molecule has 0 aromatic carbocycles. The lowest BCUT2D eigenvalue weighted by Crippen LogP contribution is -2.51. The van der Waals surface area contributed by atoms with Crippen molar-refractivity contribution in [1.82, 2.24) is 9.80 Å². The van der Waals surface area contributed by atoms with E-state index in [0.717, 1.165) is 19.3 Å². The predicted molar refractivity (Wildman–Crippen MR) is 150 cm³/mol. The van der Waals surface area contributed by atoms with Gasteiger partial charge in [0.25, 0.3) is 0 Å². The summed E-state index contributed by atoms with van der Waals surface area (Å²) in [6, 6.07) is -0.679. The van der Waals surface area contributed by atoms with Gasteiger partial charge in [0.1, 0.15) is 6.10 Å². The Balaban J connectivity index is 2.22. The molecule has 4 atom stereocenters. The van der Waals surface area contributed by atoms with Crippen LogP contribution in [-0.4, -0.2) is 126 Å². The number of rotatable bonds is 9. The number of hydrogen-bond acceptors (Lipinski definition) is 11. The molecule has 0 spiro atoms. The zero-order chi connectivity index (χ0) is 30.0. The molecule has 2 rings (SSSR count). The topological polar surface area (TPSA) is 122 Å². The van der Waals surface area contributed by atoms with Crippen LogP contribution in [0.5, 0.6) is 0 Å². The summed E-state index contributed by atoms with van der Waals surface area (Å²) in [5.74, 6) is 0.00336. The second-order valence-electron chi connectivity index (χ2n) is 11.2. The van der Waals surface area contributed by atoms with Crippen molar-refractivity contribution in [2.24, 2.45) is 17.8 Å². The van der Waals surface area contributed by atoms with Gasteiger partial charge in [-0.25, -0.2) is 4.79 Å². The number of methoxy groups -OCH3 is 1. The van der Waals surface area contributed by atoms with Crippen molar-refractivity contribution < 1.29 is 47.5 Å². The van der Waals surface area contributed by atoms with E-state index in [9.17, 15) is 14.4 Å². The van der Waals surface area contributed by atoms with E-state index in [0.29, 0.717) is 84.3 Å².